The molecule has 2 aromatic rings. The molecule has 0 bridgehead atoms. The molecule has 0 aliphatic carbocycles. The number of amides is 1. The zero-order chi connectivity index (χ0) is 19.0. The van der Waals surface area contributed by atoms with Crippen molar-refractivity contribution < 1.29 is 17.6 Å². The first-order valence-electron chi connectivity index (χ1n) is 9.49. The Morgan fingerprint density at radius 2 is 1.78 bits per heavy atom. The Labute approximate surface area is 159 Å². The molecular formula is C20H24N2O4S. The minimum Gasteiger partial charge on any atom is -0.438 e. The van der Waals surface area contributed by atoms with E-state index in [0.717, 1.165) is 48.9 Å². The van der Waals surface area contributed by atoms with Gasteiger partial charge in [0.05, 0.1) is 5.69 Å². The van der Waals surface area contributed by atoms with E-state index in [1.165, 1.54) is 16.4 Å². The summed E-state index contributed by atoms with van der Waals surface area (Å²) in [6.07, 6.45) is 4.57. The lowest BCUT2D eigenvalue weighted by atomic mass is 9.98. The minimum absolute atomic E-state index is 0.0710. The third-order valence-electron chi connectivity index (χ3n) is 5.37. The second-order valence-electron chi connectivity index (χ2n) is 7.23. The molecule has 6 nitrogen and oxygen atoms in total. The van der Waals surface area contributed by atoms with Gasteiger partial charge < -0.3 is 9.32 Å². The number of aryl methyl sites for hydroxylation is 2. The van der Waals surface area contributed by atoms with E-state index in [9.17, 15) is 13.2 Å². The van der Waals surface area contributed by atoms with Crippen molar-refractivity contribution in [2.75, 3.05) is 24.5 Å². The largest absolute Gasteiger partial charge is 0.438 e. The van der Waals surface area contributed by atoms with Crippen molar-refractivity contribution in [3.63, 3.8) is 0 Å². The first-order chi connectivity index (χ1) is 13.0. The number of hydrogen-bond acceptors (Lipinski definition) is 4. The molecule has 2 aliphatic heterocycles. The average molecular weight is 388 g/mol. The van der Waals surface area contributed by atoms with Crippen molar-refractivity contribution in [3.05, 3.63) is 47.2 Å². The molecule has 1 fully saturated rings. The number of fused-ring (bicyclic) bond motifs is 1. The molecule has 144 valence electrons. The molecule has 0 saturated carbocycles. The van der Waals surface area contributed by atoms with E-state index < -0.39 is 10.0 Å². The van der Waals surface area contributed by atoms with Crippen LogP contribution in [0.5, 0.6) is 0 Å². The smallest absolute Gasteiger partial charge is 0.294 e. The Bertz CT molecular complexity index is 958. The Balaban J connectivity index is 1.62. The molecular weight excluding hydrogens is 364 g/mol. The molecule has 1 saturated heterocycles. The third kappa shape index (κ3) is 3.30. The highest BCUT2D eigenvalue weighted by Gasteiger charge is 2.32. The third-order valence-corrected chi connectivity index (χ3v) is 7.14. The van der Waals surface area contributed by atoms with E-state index in [1.807, 2.05) is 25.1 Å². The molecule has 4 rings (SSSR count). The summed E-state index contributed by atoms with van der Waals surface area (Å²) in [5.41, 5.74) is 3.10. The summed E-state index contributed by atoms with van der Waals surface area (Å²) in [6, 6.07) is 8.90. The minimum atomic E-state index is -3.68. The highest BCUT2D eigenvalue weighted by molar-refractivity contribution is 7.89. The van der Waals surface area contributed by atoms with Crippen LogP contribution in [0.15, 0.2) is 39.8 Å². The van der Waals surface area contributed by atoms with E-state index in [-0.39, 0.29) is 16.8 Å². The van der Waals surface area contributed by atoms with E-state index in [4.69, 9.17) is 4.42 Å². The fourth-order valence-electron chi connectivity index (χ4n) is 3.99. The van der Waals surface area contributed by atoms with Crippen molar-refractivity contribution >= 4 is 21.6 Å². The summed E-state index contributed by atoms with van der Waals surface area (Å²) < 4.78 is 32.5. The predicted octanol–water partition coefficient (Wildman–Crippen LogP) is 3.36. The van der Waals surface area contributed by atoms with Gasteiger partial charge in [-0.3, -0.25) is 4.79 Å². The van der Waals surface area contributed by atoms with Gasteiger partial charge in [0.1, 0.15) is 0 Å². The lowest BCUT2D eigenvalue weighted by Gasteiger charge is -2.30. The molecule has 0 radical (unpaired) electrons. The van der Waals surface area contributed by atoms with E-state index in [2.05, 4.69) is 0 Å². The van der Waals surface area contributed by atoms with Crippen LogP contribution < -0.4 is 4.90 Å². The Hall–Kier alpha value is -2.12. The number of nitrogens with zero attached hydrogens (tertiary/aromatic N) is 2. The number of furan rings is 1. The summed E-state index contributed by atoms with van der Waals surface area (Å²) >= 11 is 0. The van der Waals surface area contributed by atoms with Gasteiger partial charge in [-0.2, -0.15) is 4.31 Å². The van der Waals surface area contributed by atoms with Gasteiger partial charge in [-0.25, -0.2) is 8.42 Å². The van der Waals surface area contributed by atoms with Gasteiger partial charge in [0.2, 0.25) is 5.09 Å². The number of anilines is 1. The van der Waals surface area contributed by atoms with Crippen LogP contribution in [-0.4, -0.2) is 38.3 Å². The number of carbonyl (C=O) groups excluding carboxylic acids is 1. The van der Waals surface area contributed by atoms with Crippen LogP contribution in [0, 0.1) is 6.92 Å². The standard InChI is InChI=1S/C20H24N2O4S/c1-15-7-5-8-16-9-6-14-22(19(15)16)20(23)17-10-11-18(26-17)27(24,25)21-12-3-2-4-13-21/h5,7-8,10-11H,2-4,6,9,12-14H2,1H3. The van der Waals surface area contributed by atoms with Crippen molar-refractivity contribution in [3.8, 4) is 0 Å². The van der Waals surface area contributed by atoms with Crippen LogP contribution in [0.25, 0.3) is 0 Å². The Morgan fingerprint density at radius 1 is 1.00 bits per heavy atom. The fraction of sp³-hybridized carbons (Fsp3) is 0.450. The SMILES string of the molecule is Cc1cccc2c1N(C(=O)c1ccc(S(=O)(=O)N3CCCCC3)o1)CCC2. The summed E-state index contributed by atoms with van der Waals surface area (Å²) in [6.45, 7) is 3.60. The van der Waals surface area contributed by atoms with E-state index >= 15 is 0 Å². The van der Waals surface area contributed by atoms with Crippen LogP contribution in [0.2, 0.25) is 0 Å². The maximum absolute atomic E-state index is 13.1. The van der Waals surface area contributed by atoms with Crippen LogP contribution in [0.4, 0.5) is 5.69 Å². The average Bonchev–Trinajstić information content (AvgIpc) is 3.19. The van der Waals surface area contributed by atoms with Gasteiger partial charge in [-0.05, 0) is 55.9 Å². The van der Waals surface area contributed by atoms with E-state index in [0.29, 0.717) is 19.6 Å². The second kappa shape index (κ2) is 7.13. The topological polar surface area (TPSA) is 70.8 Å². The first kappa shape index (κ1) is 18.3. The monoisotopic (exact) mass is 388 g/mol. The fourth-order valence-corrected chi connectivity index (χ4v) is 5.42. The number of sulfonamides is 1. The van der Waals surface area contributed by atoms with Gasteiger partial charge >= 0.3 is 0 Å². The van der Waals surface area contributed by atoms with Crippen molar-refractivity contribution in [2.24, 2.45) is 0 Å². The van der Waals surface area contributed by atoms with Gasteiger partial charge in [0.25, 0.3) is 15.9 Å². The molecule has 1 aromatic heterocycles. The van der Waals surface area contributed by atoms with Crippen molar-refractivity contribution in [1.29, 1.82) is 0 Å². The number of benzene rings is 1. The van der Waals surface area contributed by atoms with Crippen LogP contribution in [0.3, 0.4) is 0 Å². The number of hydrogen-bond donors (Lipinski definition) is 0. The number of para-hydroxylation sites is 1. The van der Waals surface area contributed by atoms with Gasteiger partial charge in [0, 0.05) is 19.6 Å². The van der Waals surface area contributed by atoms with Gasteiger partial charge in [0.15, 0.2) is 5.76 Å². The predicted molar refractivity (Wildman–Crippen MR) is 102 cm³/mol. The van der Waals surface area contributed by atoms with Crippen LogP contribution in [0.1, 0.15) is 47.4 Å². The van der Waals surface area contributed by atoms with Gasteiger partial charge in [-0.1, -0.05) is 24.6 Å². The van der Waals surface area contributed by atoms with Gasteiger partial charge in [-0.15, -0.1) is 0 Å². The van der Waals surface area contributed by atoms with Crippen molar-refractivity contribution in [2.45, 2.75) is 44.1 Å². The molecule has 3 heterocycles. The number of rotatable bonds is 3. The molecule has 7 heteroatoms. The molecule has 0 atom stereocenters. The zero-order valence-electron chi connectivity index (χ0n) is 15.5. The summed E-state index contributed by atoms with van der Waals surface area (Å²) in [5.74, 6) is -0.216. The zero-order valence-corrected chi connectivity index (χ0v) is 16.3. The lowest BCUT2D eigenvalue weighted by Crippen LogP contribution is -2.36. The second-order valence-corrected chi connectivity index (χ2v) is 9.10. The summed E-state index contributed by atoms with van der Waals surface area (Å²) in [4.78, 5) is 14.8. The molecule has 1 amide bonds. The Morgan fingerprint density at radius 3 is 2.56 bits per heavy atom. The number of piperidine rings is 1. The molecule has 1 aromatic carbocycles. The van der Waals surface area contributed by atoms with E-state index in [1.54, 1.807) is 4.90 Å². The molecule has 0 spiro atoms. The molecule has 27 heavy (non-hydrogen) atoms. The highest BCUT2D eigenvalue weighted by atomic mass is 32.2. The lowest BCUT2D eigenvalue weighted by molar-refractivity contribution is 0.0952. The van der Waals surface area contributed by atoms with Crippen molar-refractivity contribution in [1.82, 2.24) is 4.31 Å². The summed E-state index contributed by atoms with van der Waals surface area (Å²) in [5, 5.41) is -0.144. The maximum atomic E-state index is 13.1. The van der Waals surface area contributed by atoms with Crippen LogP contribution in [-0.2, 0) is 16.4 Å². The quantitative estimate of drug-likeness (QED) is 0.808. The number of carbonyl (C=O) groups is 1. The van der Waals surface area contributed by atoms with Crippen LogP contribution >= 0.6 is 0 Å². The molecule has 0 unspecified atom stereocenters. The molecule has 0 N–H and O–H groups in total. The summed E-state index contributed by atoms with van der Waals surface area (Å²) in [7, 11) is -3.68. The normalized spacial score (nSPS) is 18.3. The highest BCUT2D eigenvalue weighted by Crippen LogP contribution is 2.32. The Kier molecular flexibility index (Phi) is 4.82. The maximum Gasteiger partial charge on any atom is 0.294 e. The molecule has 2 aliphatic rings. The first-order valence-corrected chi connectivity index (χ1v) is 10.9.